The summed E-state index contributed by atoms with van der Waals surface area (Å²) in [7, 11) is 0.618. The minimum Gasteiger partial charge on any atom is -0.343 e. The van der Waals surface area contributed by atoms with Crippen LogP contribution in [0.5, 0.6) is 0 Å². The third kappa shape index (κ3) is 6.27. The first kappa shape index (κ1) is 29.1. The van der Waals surface area contributed by atoms with E-state index in [-0.39, 0.29) is 17.5 Å². The Morgan fingerprint density at radius 2 is 1.71 bits per heavy atom. The fourth-order valence-corrected chi connectivity index (χ4v) is 8.35. The Hall–Kier alpha value is -1.93. The van der Waals surface area contributed by atoms with E-state index in [9.17, 15) is 13.2 Å². The van der Waals surface area contributed by atoms with Gasteiger partial charge in [0.2, 0.25) is 15.9 Å². The first-order chi connectivity index (χ1) is 18.0. The lowest BCUT2D eigenvalue weighted by Gasteiger charge is -2.46. The van der Waals surface area contributed by atoms with Crippen LogP contribution in [0.4, 0.5) is 0 Å². The number of piperidine rings is 2. The van der Waals surface area contributed by atoms with Crippen LogP contribution in [-0.2, 0) is 21.2 Å². The van der Waals surface area contributed by atoms with Crippen LogP contribution in [-0.4, -0.2) is 73.7 Å². The fourth-order valence-electron chi connectivity index (χ4n) is 6.12. The van der Waals surface area contributed by atoms with Gasteiger partial charge in [-0.05, 0) is 95.3 Å². The highest BCUT2D eigenvalue weighted by Crippen LogP contribution is 2.33. The SMILES string of the molecule is Cc1cc(S(=O)(=O)N2CCCCC2CCC(=O)N2CCC(Cc3ccccc3)(N(C)C)CC2)c(C)cc1Cl. The molecule has 0 bridgehead atoms. The maximum atomic E-state index is 13.7. The number of carbonyl (C=O) groups excluding carboxylic acids is 1. The lowest BCUT2D eigenvalue weighted by atomic mass is 9.80. The highest BCUT2D eigenvalue weighted by molar-refractivity contribution is 7.89. The van der Waals surface area contributed by atoms with Gasteiger partial charge < -0.3 is 9.80 Å². The number of sulfonamides is 1. The molecule has 2 aromatic rings. The maximum absolute atomic E-state index is 13.7. The van der Waals surface area contributed by atoms with Gasteiger partial charge in [-0.15, -0.1) is 0 Å². The minimum absolute atomic E-state index is 0.0426. The van der Waals surface area contributed by atoms with Crippen LogP contribution in [0, 0.1) is 13.8 Å². The molecule has 1 unspecified atom stereocenters. The molecule has 4 rings (SSSR count). The van der Waals surface area contributed by atoms with Crippen molar-refractivity contribution in [2.45, 2.75) is 81.7 Å². The Morgan fingerprint density at radius 3 is 2.37 bits per heavy atom. The van der Waals surface area contributed by atoms with Gasteiger partial charge in [-0.2, -0.15) is 4.31 Å². The molecule has 2 fully saturated rings. The Labute approximate surface area is 234 Å². The van der Waals surface area contributed by atoms with Crippen LogP contribution < -0.4 is 0 Å². The Morgan fingerprint density at radius 1 is 1.03 bits per heavy atom. The average molecular weight is 560 g/mol. The summed E-state index contributed by atoms with van der Waals surface area (Å²) in [5, 5.41) is 0.575. The van der Waals surface area contributed by atoms with E-state index in [2.05, 4.69) is 43.3 Å². The number of rotatable bonds is 8. The Bertz CT molecular complexity index is 1220. The van der Waals surface area contributed by atoms with Gasteiger partial charge in [0.05, 0.1) is 4.90 Å². The third-order valence-electron chi connectivity index (χ3n) is 8.68. The summed E-state index contributed by atoms with van der Waals surface area (Å²) in [6.45, 7) is 5.59. The van der Waals surface area contributed by atoms with Crippen LogP contribution >= 0.6 is 11.6 Å². The van der Waals surface area contributed by atoms with Crippen LogP contribution in [0.1, 0.15) is 61.6 Å². The lowest BCUT2D eigenvalue weighted by molar-refractivity contribution is -0.134. The smallest absolute Gasteiger partial charge is 0.243 e. The summed E-state index contributed by atoms with van der Waals surface area (Å²) in [6.07, 6.45) is 6.39. The number of benzene rings is 2. The molecule has 208 valence electrons. The highest BCUT2D eigenvalue weighted by atomic mass is 35.5. The molecule has 1 amide bonds. The van der Waals surface area contributed by atoms with E-state index in [1.807, 2.05) is 17.9 Å². The largest absolute Gasteiger partial charge is 0.343 e. The summed E-state index contributed by atoms with van der Waals surface area (Å²) in [4.78, 5) is 17.9. The van der Waals surface area contributed by atoms with Gasteiger partial charge in [-0.25, -0.2) is 8.42 Å². The highest BCUT2D eigenvalue weighted by Gasteiger charge is 2.39. The van der Waals surface area contributed by atoms with Crippen LogP contribution in [0.2, 0.25) is 5.02 Å². The van der Waals surface area contributed by atoms with Gasteiger partial charge in [-0.1, -0.05) is 48.4 Å². The van der Waals surface area contributed by atoms with Gasteiger partial charge >= 0.3 is 0 Å². The quantitative estimate of drug-likeness (QED) is 0.432. The number of likely N-dealkylation sites (N-methyl/N-ethyl adjacent to an activating group) is 1. The first-order valence-electron chi connectivity index (χ1n) is 13.8. The van der Waals surface area contributed by atoms with Gasteiger partial charge in [0, 0.05) is 42.7 Å². The summed E-state index contributed by atoms with van der Waals surface area (Å²) in [5.74, 6) is 0.138. The Kier molecular flexibility index (Phi) is 9.23. The van der Waals surface area contributed by atoms with Crippen molar-refractivity contribution < 1.29 is 13.2 Å². The van der Waals surface area contributed by atoms with Crippen molar-refractivity contribution in [2.75, 3.05) is 33.7 Å². The second-order valence-electron chi connectivity index (χ2n) is 11.3. The molecule has 0 N–H and O–H groups in total. The van der Waals surface area contributed by atoms with Gasteiger partial charge in [-0.3, -0.25) is 4.79 Å². The van der Waals surface area contributed by atoms with Crippen molar-refractivity contribution in [1.82, 2.24) is 14.1 Å². The molecular formula is C30H42ClN3O3S. The van der Waals surface area contributed by atoms with E-state index < -0.39 is 10.0 Å². The fraction of sp³-hybridized carbons (Fsp3) is 0.567. The zero-order valence-electron chi connectivity index (χ0n) is 23.2. The zero-order valence-corrected chi connectivity index (χ0v) is 24.8. The molecule has 0 radical (unpaired) electrons. The number of carbonyl (C=O) groups is 1. The topological polar surface area (TPSA) is 60.9 Å². The second kappa shape index (κ2) is 12.1. The predicted octanol–water partition coefficient (Wildman–Crippen LogP) is 5.45. The van der Waals surface area contributed by atoms with Gasteiger partial charge in [0.25, 0.3) is 0 Å². The van der Waals surface area contributed by atoms with Gasteiger partial charge in [0.15, 0.2) is 0 Å². The van der Waals surface area contributed by atoms with Crippen molar-refractivity contribution >= 4 is 27.5 Å². The third-order valence-corrected chi connectivity index (χ3v) is 11.2. The van der Waals surface area contributed by atoms with Crippen LogP contribution in [0.3, 0.4) is 0 Å². The molecule has 2 heterocycles. The normalized spacial score (nSPS) is 20.6. The monoisotopic (exact) mass is 559 g/mol. The van der Waals surface area contributed by atoms with E-state index in [0.717, 1.165) is 57.2 Å². The van der Waals surface area contributed by atoms with Crippen molar-refractivity contribution in [2.24, 2.45) is 0 Å². The minimum atomic E-state index is -3.66. The standard InChI is InChI=1S/C30H42ClN3O3S/c1-23-21-28(24(2)20-27(23)31)38(36,37)34-17-9-8-12-26(34)13-14-29(35)33-18-15-30(16-19-33,32(3)4)22-25-10-6-5-7-11-25/h5-7,10-11,20-21,26H,8-9,12-19,22H2,1-4H3. The summed E-state index contributed by atoms with van der Waals surface area (Å²) in [5.41, 5.74) is 2.78. The number of hydrogen-bond acceptors (Lipinski definition) is 4. The molecule has 0 aliphatic carbocycles. The zero-order chi connectivity index (χ0) is 27.5. The number of likely N-dealkylation sites (tertiary alicyclic amines) is 1. The van der Waals surface area contributed by atoms with E-state index in [1.54, 1.807) is 23.4 Å². The van der Waals surface area contributed by atoms with E-state index in [0.29, 0.717) is 34.9 Å². The molecule has 0 spiro atoms. The molecule has 0 saturated carbocycles. The van der Waals surface area contributed by atoms with E-state index in [1.165, 1.54) is 5.56 Å². The summed E-state index contributed by atoms with van der Waals surface area (Å²) >= 11 is 6.23. The Balaban J connectivity index is 1.39. The molecular weight excluding hydrogens is 518 g/mol. The number of amides is 1. The number of halogens is 1. The van der Waals surface area contributed by atoms with Crippen LogP contribution in [0.25, 0.3) is 0 Å². The molecule has 6 nitrogen and oxygen atoms in total. The molecule has 8 heteroatoms. The molecule has 1 atom stereocenters. The van der Waals surface area contributed by atoms with Crippen molar-refractivity contribution in [3.8, 4) is 0 Å². The maximum Gasteiger partial charge on any atom is 0.243 e. The second-order valence-corrected chi connectivity index (χ2v) is 13.6. The summed E-state index contributed by atoms with van der Waals surface area (Å²) in [6, 6.07) is 13.8. The first-order valence-corrected chi connectivity index (χ1v) is 15.6. The summed E-state index contributed by atoms with van der Waals surface area (Å²) < 4.78 is 29.0. The number of nitrogens with zero attached hydrogens (tertiary/aromatic N) is 3. The van der Waals surface area contributed by atoms with Gasteiger partial charge in [0.1, 0.15) is 0 Å². The average Bonchev–Trinajstić information content (AvgIpc) is 2.90. The van der Waals surface area contributed by atoms with E-state index >= 15 is 0 Å². The van der Waals surface area contributed by atoms with E-state index in [4.69, 9.17) is 11.6 Å². The lowest BCUT2D eigenvalue weighted by Crippen LogP contribution is -2.55. The van der Waals surface area contributed by atoms with Crippen molar-refractivity contribution in [1.29, 1.82) is 0 Å². The molecule has 2 aliphatic heterocycles. The molecule has 38 heavy (non-hydrogen) atoms. The van der Waals surface area contributed by atoms with Crippen molar-refractivity contribution in [3.63, 3.8) is 0 Å². The number of hydrogen-bond donors (Lipinski definition) is 0. The van der Waals surface area contributed by atoms with Crippen molar-refractivity contribution in [3.05, 3.63) is 64.2 Å². The van der Waals surface area contributed by atoms with Crippen LogP contribution in [0.15, 0.2) is 47.4 Å². The predicted molar refractivity (Wildman–Crippen MR) is 154 cm³/mol. The molecule has 0 aromatic heterocycles. The number of aryl methyl sites for hydroxylation is 2. The molecule has 2 saturated heterocycles. The molecule has 2 aromatic carbocycles. The molecule has 2 aliphatic rings.